The van der Waals surface area contributed by atoms with Crippen molar-refractivity contribution in [3.63, 3.8) is 0 Å². The van der Waals surface area contributed by atoms with Crippen molar-refractivity contribution in [3.8, 4) is 90.6 Å². The zero-order chi connectivity index (χ0) is 39.1. The fourth-order valence-corrected chi connectivity index (χ4v) is 11.1. The number of nitrogens with zero attached hydrogens (tertiary/aromatic N) is 6. The standard InChI is InChI=1S/C50H30N6S3/c1-5-15-31(16-6-1)43-51-44(32-17-7-2-8-18-32)54-47(53-43)37-25-13-23-35(27-37)39-29-57-49-41(39)42-40(30-58-50(42)59-49)36-24-14-26-38(28-36)48-55-45(33-19-9-3-10-20-33)52-46(56-48)34-21-11-4-12-22-34/h1-30H. The van der Waals surface area contributed by atoms with Gasteiger partial charge in [0.2, 0.25) is 0 Å². The van der Waals surface area contributed by atoms with Gasteiger partial charge in [-0.2, -0.15) is 0 Å². The highest BCUT2D eigenvalue weighted by Gasteiger charge is 2.21. The second kappa shape index (κ2) is 15.0. The lowest BCUT2D eigenvalue weighted by Gasteiger charge is -2.10. The molecule has 0 aliphatic heterocycles. The molecule has 11 aromatic rings. The van der Waals surface area contributed by atoms with Gasteiger partial charge in [-0.1, -0.05) is 158 Å². The van der Waals surface area contributed by atoms with E-state index in [0.717, 1.165) is 44.5 Å². The summed E-state index contributed by atoms with van der Waals surface area (Å²) in [5, 5.41) is 7.13. The van der Waals surface area contributed by atoms with E-state index in [1.807, 2.05) is 133 Å². The summed E-state index contributed by atoms with van der Waals surface area (Å²) >= 11 is 5.46. The lowest BCUT2D eigenvalue weighted by molar-refractivity contribution is 1.07. The summed E-state index contributed by atoms with van der Waals surface area (Å²) in [5.74, 6) is 3.86. The fraction of sp³-hybridized carbons (Fsp3) is 0. The van der Waals surface area contributed by atoms with Crippen LogP contribution in [0.25, 0.3) is 109 Å². The maximum Gasteiger partial charge on any atom is 0.164 e. The first-order valence-corrected chi connectivity index (χ1v) is 21.7. The van der Waals surface area contributed by atoms with Crippen LogP contribution in [-0.2, 0) is 0 Å². The third-order valence-corrected chi connectivity index (χ3v) is 13.6. The largest absolute Gasteiger partial charge is 0.208 e. The maximum absolute atomic E-state index is 5.02. The molecule has 0 fully saturated rings. The molecule has 5 aromatic heterocycles. The molecule has 11 rings (SSSR count). The van der Waals surface area contributed by atoms with Crippen LogP contribution in [0.2, 0.25) is 0 Å². The number of aromatic nitrogens is 6. The predicted molar refractivity (Wildman–Crippen MR) is 245 cm³/mol. The van der Waals surface area contributed by atoms with Crippen LogP contribution in [0.3, 0.4) is 0 Å². The monoisotopic (exact) mass is 810 g/mol. The van der Waals surface area contributed by atoms with E-state index in [1.165, 1.54) is 29.9 Å². The van der Waals surface area contributed by atoms with Crippen LogP contribution >= 0.6 is 34.0 Å². The molecule has 0 aliphatic carbocycles. The fourth-order valence-electron chi connectivity index (χ4n) is 7.34. The Bertz CT molecular complexity index is 2930. The summed E-state index contributed by atoms with van der Waals surface area (Å²) in [6.07, 6.45) is 0. The van der Waals surface area contributed by atoms with Crippen LogP contribution in [-0.4, -0.2) is 29.9 Å². The molecule has 0 saturated heterocycles. The Morgan fingerprint density at radius 2 is 0.542 bits per heavy atom. The van der Waals surface area contributed by atoms with Crippen LogP contribution in [0.1, 0.15) is 0 Å². The average Bonchev–Trinajstić information content (AvgIpc) is 4.03. The molecular weight excluding hydrogens is 781 g/mol. The van der Waals surface area contributed by atoms with Gasteiger partial charge in [0.15, 0.2) is 34.9 Å². The van der Waals surface area contributed by atoms with Crippen LogP contribution in [0.15, 0.2) is 181 Å². The first-order chi connectivity index (χ1) is 29.2. The smallest absolute Gasteiger partial charge is 0.164 e. The van der Waals surface area contributed by atoms with Crippen LogP contribution in [0, 0.1) is 0 Å². The highest BCUT2D eigenvalue weighted by molar-refractivity contribution is 7.48. The average molecular weight is 811 g/mol. The predicted octanol–water partition coefficient (Wildman–Crippen LogP) is 13.9. The number of benzene rings is 6. The second-order valence-corrected chi connectivity index (χ2v) is 17.3. The second-order valence-electron chi connectivity index (χ2n) is 14.0. The Kier molecular flexibility index (Phi) is 8.96. The van der Waals surface area contributed by atoms with Gasteiger partial charge in [-0.15, -0.1) is 34.0 Å². The van der Waals surface area contributed by atoms with E-state index in [1.54, 1.807) is 22.7 Å². The third-order valence-electron chi connectivity index (χ3n) is 10.2. The number of hydrogen-bond donors (Lipinski definition) is 0. The summed E-state index contributed by atoms with van der Waals surface area (Å²) in [6, 6.07) is 57.6. The van der Waals surface area contributed by atoms with Crippen LogP contribution in [0.5, 0.6) is 0 Å². The zero-order valence-corrected chi connectivity index (χ0v) is 33.7. The summed E-state index contributed by atoms with van der Waals surface area (Å²) in [7, 11) is 0. The summed E-state index contributed by atoms with van der Waals surface area (Å²) in [4.78, 5) is 29.9. The Hall–Kier alpha value is -7.04. The van der Waals surface area contributed by atoms with Crippen molar-refractivity contribution >= 4 is 52.8 Å². The molecule has 5 heterocycles. The number of rotatable bonds is 8. The number of hydrogen-bond acceptors (Lipinski definition) is 9. The molecule has 0 amide bonds. The van der Waals surface area contributed by atoms with Crippen molar-refractivity contribution in [2.24, 2.45) is 0 Å². The molecule has 0 atom stereocenters. The molecule has 6 nitrogen and oxygen atoms in total. The normalized spacial score (nSPS) is 11.4. The Morgan fingerprint density at radius 1 is 0.271 bits per heavy atom. The Labute approximate surface area is 351 Å². The lowest BCUT2D eigenvalue weighted by atomic mass is 9.98. The van der Waals surface area contributed by atoms with E-state index >= 15 is 0 Å². The van der Waals surface area contributed by atoms with Gasteiger partial charge in [-0.25, -0.2) is 29.9 Å². The molecule has 0 aliphatic rings. The first-order valence-electron chi connectivity index (χ1n) is 19.1. The molecule has 6 aromatic carbocycles. The van der Waals surface area contributed by atoms with E-state index in [9.17, 15) is 0 Å². The summed E-state index contributed by atoms with van der Waals surface area (Å²) in [5.41, 5.74) is 10.3. The van der Waals surface area contributed by atoms with Crippen molar-refractivity contribution in [3.05, 3.63) is 181 Å². The SMILES string of the molecule is c1ccc(-c2nc(-c3ccccc3)nc(-c3cccc(-c4csc5sc6scc(-c7cccc(-c8nc(-c9ccccc9)nc(-c9ccccc9)n8)c7)c6c45)c3)n2)cc1. The molecule has 0 bridgehead atoms. The molecule has 59 heavy (non-hydrogen) atoms. The van der Waals surface area contributed by atoms with Crippen molar-refractivity contribution in [2.45, 2.75) is 0 Å². The minimum absolute atomic E-state index is 0.638. The Morgan fingerprint density at radius 3 is 0.864 bits per heavy atom. The summed E-state index contributed by atoms with van der Waals surface area (Å²) < 4.78 is 2.61. The number of thiophene rings is 3. The minimum atomic E-state index is 0.638. The van der Waals surface area contributed by atoms with Crippen LogP contribution < -0.4 is 0 Å². The Balaban J connectivity index is 1.01. The van der Waals surface area contributed by atoms with Crippen molar-refractivity contribution in [2.75, 3.05) is 0 Å². The van der Waals surface area contributed by atoms with Gasteiger partial charge < -0.3 is 0 Å². The van der Waals surface area contributed by atoms with Gasteiger partial charge >= 0.3 is 0 Å². The number of fused-ring (bicyclic) bond motifs is 3. The first kappa shape index (κ1) is 35.1. The lowest BCUT2D eigenvalue weighted by Crippen LogP contribution is -2.00. The molecule has 0 spiro atoms. The van der Waals surface area contributed by atoms with Crippen molar-refractivity contribution in [1.29, 1.82) is 0 Å². The van der Waals surface area contributed by atoms with Gasteiger partial charge in [-0.05, 0) is 23.3 Å². The minimum Gasteiger partial charge on any atom is -0.208 e. The van der Waals surface area contributed by atoms with E-state index in [4.69, 9.17) is 29.9 Å². The molecule has 278 valence electrons. The van der Waals surface area contributed by atoms with Gasteiger partial charge in [0.1, 0.15) is 0 Å². The van der Waals surface area contributed by atoms with E-state index in [2.05, 4.69) is 59.3 Å². The maximum atomic E-state index is 5.02. The highest BCUT2D eigenvalue weighted by Crippen LogP contribution is 2.50. The molecule has 0 unspecified atom stereocenters. The summed E-state index contributed by atoms with van der Waals surface area (Å²) in [6.45, 7) is 0. The van der Waals surface area contributed by atoms with E-state index < -0.39 is 0 Å². The van der Waals surface area contributed by atoms with E-state index in [0.29, 0.717) is 34.9 Å². The van der Waals surface area contributed by atoms with Gasteiger partial charge in [-0.3, -0.25) is 0 Å². The molecule has 0 saturated carbocycles. The van der Waals surface area contributed by atoms with Crippen LogP contribution in [0.4, 0.5) is 0 Å². The topological polar surface area (TPSA) is 77.3 Å². The zero-order valence-electron chi connectivity index (χ0n) is 31.2. The molecule has 9 heteroatoms. The molecule has 0 N–H and O–H groups in total. The van der Waals surface area contributed by atoms with Gasteiger partial charge in [0, 0.05) is 66.0 Å². The molecule has 0 radical (unpaired) electrons. The van der Waals surface area contributed by atoms with Crippen molar-refractivity contribution in [1.82, 2.24) is 29.9 Å². The van der Waals surface area contributed by atoms with Gasteiger partial charge in [0.25, 0.3) is 0 Å². The van der Waals surface area contributed by atoms with E-state index in [-0.39, 0.29) is 0 Å². The third kappa shape index (κ3) is 6.71. The molecular formula is C50H30N6S3. The highest BCUT2D eigenvalue weighted by atomic mass is 32.2. The van der Waals surface area contributed by atoms with Crippen molar-refractivity contribution < 1.29 is 0 Å². The van der Waals surface area contributed by atoms with Gasteiger partial charge in [0.05, 0.1) is 8.03 Å². The quantitative estimate of drug-likeness (QED) is 0.152.